The van der Waals surface area contributed by atoms with Gasteiger partial charge in [0.1, 0.15) is 0 Å². The highest BCUT2D eigenvalue weighted by Gasteiger charge is 2.19. The van der Waals surface area contributed by atoms with Crippen LogP contribution in [0.4, 0.5) is 0 Å². The molecule has 0 aromatic heterocycles. The van der Waals surface area contributed by atoms with Crippen LogP contribution in [0.15, 0.2) is 0 Å². The molecule has 434 valence electrons. The lowest BCUT2D eigenvalue weighted by Gasteiger charge is -2.30. The molecule has 0 N–H and O–H groups in total. The molecule has 73 heavy (non-hydrogen) atoms. The molecule has 0 radical (unpaired) electrons. The van der Waals surface area contributed by atoms with E-state index < -0.39 is 0 Å². The number of esters is 1. The van der Waals surface area contributed by atoms with E-state index >= 15 is 0 Å². The number of likely N-dealkylation sites (N-methyl/N-ethyl adjacent to an activating group) is 2. The number of rotatable bonds is 59. The molecule has 0 aliphatic carbocycles. The Labute approximate surface area is 456 Å². The van der Waals surface area contributed by atoms with Gasteiger partial charge < -0.3 is 19.4 Å². The Morgan fingerprint density at radius 2 is 0.521 bits per heavy atom. The smallest absolute Gasteiger partial charge is 0.305 e. The summed E-state index contributed by atoms with van der Waals surface area (Å²) in [6.07, 6.45) is 52.9. The molecule has 0 unspecified atom stereocenters. The standard InChI is InChI=1S/C64H129N5O4/c1-8-13-18-23-28-29-30-31-32-37-42-46-52-68(54-48-59-73-64(72)49-43-38-33-24-19-14-9-2)60-62(70)65(6)55-56-66(7)63(71)61-69(53-47-41-36-27-22-17-12-5)58-57-67(50-44-39-34-25-20-15-10-3)51-45-40-35-26-21-16-11-4/h8-61H2,1-7H3. The molecule has 0 aliphatic rings. The first-order chi connectivity index (χ1) is 35.7. The fraction of sp³-hybridized carbons (Fsp3) is 0.953. The maximum Gasteiger partial charge on any atom is 0.305 e. The van der Waals surface area contributed by atoms with Gasteiger partial charge in [-0.25, -0.2) is 0 Å². The Hall–Kier alpha value is -1.71. The van der Waals surface area contributed by atoms with Gasteiger partial charge in [-0.05, 0) is 64.7 Å². The van der Waals surface area contributed by atoms with E-state index in [1.54, 1.807) is 0 Å². The van der Waals surface area contributed by atoms with Gasteiger partial charge in [0.2, 0.25) is 11.8 Å². The molecule has 0 bridgehead atoms. The topological polar surface area (TPSA) is 76.6 Å². The first kappa shape index (κ1) is 71.3. The second kappa shape index (κ2) is 56.5. The van der Waals surface area contributed by atoms with Gasteiger partial charge in [-0.15, -0.1) is 0 Å². The van der Waals surface area contributed by atoms with E-state index in [4.69, 9.17) is 4.74 Å². The molecule has 2 amide bonds. The van der Waals surface area contributed by atoms with E-state index in [-0.39, 0.29) is 17.8 Å². The minimum atomic E-state index is -0.0870. The van der Waals surface area contributed by atoms with E-state index in [2.05, 4.69) is 49.3 Å². The number of amides is 2. The number of ether oxygens (including phenoxy) is 1. The largest absolute Gasteiger partial charge is 0.466 e. The zero-order valence-corrected chi connectivity index (χ0v) is 50.6. The molecule has 0 saturated heterocycles. The summed E-state index contributed by atoms with van der Waals surface area (Å²) in [5.41, 5.74) is 0. The quantitative estimate of drug-likeness (QED) is 0.0444. The highest BCUT2D eigenvalue weighted by molar-refractivity contribution is 5.79. The molecule has 9 heteroatoms. The van der Waals surface area contributed by atoms with Crippen LogP contribution in [0.5, 0.6) is 0 Å². The summed E-state index contributed by atoms with van der Waals surface area (Å²) >= 11 is 0. The molecule has 0 aliphatic heterocycles. The van der Waals surface area contributed by atoms with Crippen molar-refractivity contribution in [1.82, 2.24) is 24.5 Å². The first-order valence-corrected chi connectivity index (χ1v) is 32.5. The zero-order valence-electron chi connectivity index (χ0n) is 50.6. The van der Waals surface area contributed by atoms with Gasteiger partial charge in [-0.3, -0.25) is 24.2 Å². The summed E-state index contributed by atoms with van der Waals surface area (Å²) in [5.74, 6) is 0.166. The Morgan fingerprint density at radius 1 is 0.274 bits per heavy atom. The Bertz CT molecular complexity index is 1160. The molecule has 0 aromatic rings. The number of unbranched alkanes of at least 4 members (excludes halogenated alkanes) is 35. The molecule has 0 aromatic carbocycles. The van der Waals surface area contributed by atoms with E-state index in [1.165, 1.54) is 244 Å². The predicted molar refractivity (Wildman–Crippen MR) is 318 cm³/mol. The predicted octanol–water partition coefficient (Wildman–Crippen LogP) is 16.8. The van der Waals surface area contributed by atoms with Crippen molar-refractivity contribution in [3.05, 3.63) is 0 Å². The average Bonchev–Trinajstić information content (AvgIpc) is 3.39. The summed E-state index contributed by atoms with van der Waals surface area (Å²) in [4.78, 5) is 51.3. The third kappa shape index (κ3) is 49.6. The van der Waals surface area contributed by atoms with Crippen molar-refractivity contribution < 1.29 is 19.1 Å². The fourth-order valence-electron chi connectivity index (χ4n) is 10.2. The zero-order chi connectivity index (χ0) is 53.5. The minimum absolute atomic E-state index is 0.0870. The number of carbonyl (C=O) groups is 3. The van der Waals surface area contributed by atoms with Crippen molar-refractivity contribution >= 4 is 17.8 Å². The Kier molecular flexibility index (Phi) is 55.2. The average molecular weight is 1030 g/mol. The number of hydrogen-bond acceptors (Lipinski definition) is 7. The Balaban J connectivity index is 5.38. The lowest BCUT2D eigenvalue weighted by atomic mass is 10.1. The lowest BCUT2D eigenvalue weighted by molar-refractivity contribution is -0.144. The van der Waals surface area contributed by atoms with Crippen molar-refractivity contribution in [2.45, 2.75) is 304 Å². The van der Waals surface area contributed by atoms with Gasteiger partial charge in [0, 0.05) is 53.2 Å². The maximum atomic E-state index is 13.9. The van der Waals surface area contributed by atoms with Crippen LogP contribution < -0.4 is 0 Å². The van der Waals surface area contributed by atoms with Crippen molar-refractivity contribution in [3.8, 4) is 0 Å². The van der Waals surface area contributed by atoms with Crippen LogP contribution in [0.1, 0.15) is 304 Å². The summed E-state index contributed by atoms with van der Waals surface area (Å²) < 4.78 is 5.66. The molecule has 0 saturated carbocycles. The minimum Gasteiger partial charge on any atom is -0.466 e. The van der Waals surface area contributed by atoms with Crippen LogP contribution in [-0.4, -0.2) is 135 Å². The van der Waals surface area contributed by atoms with Crippen LogP contribution in [0.3, 0.4) is 0 Å². The van der Waals surface area contributed by atoms with Crippen LogP contribution >= 0.6 is 0 Å². The second-order valence-electron chi connectivity index (χ2n) is 22.7. The van der Waals surface area contributed by atoms with Crippen molar-refractivity contribution in [1.29, 1.82) is 0 Å². The van der Waals surface area contributed by atoms with Gasteiger partial charge >= 0.3 is 5.97 Å². The number of hydrogen-bond donors (Lipinski definition) is 0. The SMILES string of the molecule is CCCCCCCCCCCCCCN(CCCOC(=O)CCCCCCCCC)CC(=O)N(C)CCN(C)C(=O)CN(CCCCCCCCC)CCN(CCCCCCCCC)CCCCCCCCC. The highest BCUT2D eigenvalue weighted by Crippen LogP contribution is 2.15. The molecule has 0 fully saturated rings. The maximum absolute atomic E-state index is 13.9. The van der Waals surface area contributed by atoms with E-state index in [0.29, 0.717) is 39.2 Å². The summed E-state index contributed by atoms with van der Waals surface area (Å²) in [6, 6.07) is 0. The molecule has 0 heterocycles. The Morgan fingerprint density at radius 3 is 0.849 bits per heavy atom. The first-order valence-electron chi connectivity index (χ1n) is 32.5. The van der Waals surface area contributed by atoms with Gasteiger partial charge in [0.05, 0.1) is 19.7 Å². The summed E-state index contributed by atoms with van der Waals surface area (Å²) in [6.45, 7) is 20.6. The third-order valence-corrected chi connectivity index (χ3v) is 15.5. The van der Waals surface area contributed by atoms with E-state index in [1.807, 2.05) is 23.9 Å². The normalized spacial score (nSPS) is 11.7. The number of nitrogens with zero attached hydrogens (tertiary/aromatic N) is 5. The molecular formula is C64H129N5O4. The van der Waals surface area contributed by atoms with Gasteiger partial charge in [0.25, 0.3) is 0 Å². The summed E-state index contributed by atoms with van der Waals surface area (Å²) in [5, 5.41) is 0. The van der Waals surface area contributed by atoms with E-state index in [0.717, 1.165) is 64.8 Å². The molecular weight excluding hydrogens is 903 g/mol. The molecule has 0 rings (SSSR count). The van der Waals surface area contributed by atoms with Gasteiger partial charge in [0.15, 0.2) is 0 Å². The van der Waals surface area contributed by atoms with Crippen LogP contribution in [0.25, 0.3) is 0 Å². The third-order valence-electron chi connectivity index (χ3n) is 15.5. The lowest BCUT2D eigenvalue weighted by Crippen LogP contribution is -2.45. The van der Waals surface area contributed by atoms with Crippen molar-refractivity contribution in [2.75, 3.05) is 92.7 Å². The van der Waals surface area contributed by atoms with Gasteiger partial charge in [-0.1, -0.05) is 259 Å². The van der Waals surface area contributed by atoms with Gasteiger partial charge in [-0.2, -0.15) is 0 Å². The molecule has 0 atom stereocenters. The monoisotopic (exact) mass is 1030 g/mol. The van der Waals surface area contributed by atoms with Crippen LogP contribution in [0, 0.1) is 0 Å². The van der Waals surface area contributed by atoms with Crippen molar-refractivity contribution in [3.63, 3.8) is 0 Å². The number of carbonyl (C=O) groups excluding carboxylic acids is 3. The highest BCUT2D eigenvalue weighted by atomic mass is 16.5. The molecule has 0 spiro atoms. The molecule has 9 nitrogen and oxygen atoms in total. The second-order valence-corrected chi connectivity index (χ2v) is 22.7. The van der Waals surface area contributed by atoms with Crippen molar-refractivity contribution in [2.24, 2.45) is 0 Å². The van der Waals surface area contributed by atoms with E-state index in [9.17, 15) is 14.4 Å². The van der Waals surface area contributed by atoms with Crippen LogP contribution in [-0.2, 0) is 19.1 Å². The van der Waals surface area contributed by atoms with Crippen LogP contribution in [0.2, 0.25) is 0 Å². The fourth-order valence-corrected chi connectivity index (χ4v) is 10.2. The summed E-state index contributed by atoms with van der Waals surface area (Å²) in [7, 11) is 3.82.